The molecule has 6 nitrogen and oxygen atoms in total. The van der Waals surface area contributed by atoms with Crippen LogP contribution in [0, 0.1) is 25.2 Å². The zero-order chi connectivity index (χ0) is 20.0. The van der Waals surface area contributed by atoms with Crippen LogP contribution in [-0.4, -0.2) is 27.4 Å². The molecule has 148 valence electrons. The smallest absolute Gasteiger partial charge is 0.231 e. The third-order valence-electron chi connectivity index (χ3n) is 5.13. The van der Waals surface area contributed by atoms with Crippen molar-refractivity contribution in [2.75, 3.05) is 11.1 Å². The maximum absolute atomic E-state index is 12.4. The van der Waals surface area contributed by atoms with Crippen molar-refractivity contribution >= 4 is 39.8 Å². The summed E-state index contributed by atoms with van der Waals surface area (Å²) in [6.07, 6.45) is 5.73. The molecule has 3 rings (SSSR count). The van der Waals surface area contributed by atoms with Gasteiger partial charge in [0.1, 0.15) is 5.54 Å². The predicted octanol–water partition coefficient (Wildman–Crippen LogP) is 4.72. The van der Waals surface area contributed by atoms with Crippen LogP contribution in [0.25, 0.3) is 0 Å². The second kappa shape index (κ2) is 9.39. The Balaban J connectivity index is 1.54. The SMILES string of the molecule is Cc1cccc(Nc2nnc(SCC(=O)NC3(C#N)CCCCCC3)s2)c1C. The molecule has 0 radical (unpaired) electrons. The van der Waals surface area contributed by atoms with E-state index in [-0.39, 0.29) is 11.7 Å². The molecular weight excluding hydrogens is 390 g/mol. The number of nitrogens with zero attached hydrogens (tertiary/aromatic N) is 3. The molecule has 1 aliphatic rings. The van der Waals surface area contributed by atoms with Gasteiger partial charge in [-0.3, -0.25) is 4.79 Å². The number of aromatic nitrogens is 2. The van der Waals surface area contributed by atoms with E-state index in [1.807, 2.05) is 12.1 Å². The van der Waals surface area contributed by atoms with Gasteiger partial charge < -0.3 is 10.6 Å². The number of hydrogen-bond donors (Lipinski definition) is 2. The number of rotatable bonds is 6. The summed E-state index contributed by atoms with van der Waals surface area (Å²) in [6.45, 7) is 4.14. The number of carbonyl (C=O) groups is 1. The Hall–Kier alpha value is -2.11. The minimum Gasteiger partial charge on any atom is -0.337 e. The van der Waals surface area contributed by atoms with Crippen LogP contribution in [0.5, 0.6) is 0 Å². The molecule has 0 bridgehead atoms. The number of amides is 1. The third kappa shape index (κ3) is 5.24. The fourth-order valence-electron chi connectivity index (χ4n) is 3.35. The quantitative estimate of drug-likeness (QED) is 0.524. The minimum atomic E-state index is -0.704. The van der Waals surface area contributed by atoms with Crippen LogP contribution in [0.2, 0.25) is 0 Å². The van der Waals surface area contributed by atoms with Crippen molar-refractivity contribution in [3.63, 3.8) is 0 Å². The molecule has 1 heterocycles. The molecule has 0 spiro atoms. The summed E-state index contributed by atoms with van der Waals surface area (Å²) in [5.41, 5.74) is 2.70. The van der Waals surface area contributed by atoms with Gasteiger partial charge in [0, 0.05) is 5.69 Å². The Morgan fingerprint density at radius 3 is 2.71 bits per heavy atom. The molecule has 1 aromatic carbocycles. The number of carbonyl (C=O) groups excluding carboxylic acids is 1. The van der Waals surface area contributed by atoms with Crippen molar-refractivity contribution in [3.05, 3.63) is 29.3 Å². The van der Waals surface area contributed by atoms with Crippen molar-refractivity contribution in [1.82, 2.24) is 15.5 Å². The Bertz CT molecular complexity index is 866. The highest BCUT2D eigenvalue weighted by Crippen LogP contribution is 2.30. The van der Waals surface area contributed by atoms with Crippen LogP contribution in [0.3, 0.4) is 0 Å². The Morgan fingerprint density at radius 1 is 1.25 bits per heavy atom. The van der Waals surface area contributed by atoms with Crippen molar-refractivity contribution < 1.29 is 4.79 Å². The monoisotopic (exact) mass is 415 g/mol. The molecule has 28 heavy (non-hydrogen) atoms. The van der Waals surface area contributed by atoms with Gasteiger partial charge >= 0.3 is 0 Å². The van der Waals surface area contributed by atoms with Crippen molar-refractivity contribution in [2.45, 2.75) is 62.3 Å². The normalized spacial score (nSPS) is 16.0. The number of hydrogen-bond acceptors (Lipinski definition) is 7. The van der Waals surface area contributed by atoms with Crippen molar-refractivity contribution in [2.24, 2.45) is 0 Å². The molecule has 2 aromatic rings. The molecule has 1 aromatic heterocycles. The lowest BCUT2D eigenvalue weighted by Crippen LogP contribution is -2.47. The highest BCUT2D eigenvalue weighted by molar-refractivity contribution is 8.01. The lowest BCUT2D eigenvalue weighted by Gasteiger charge is -2.26. The summed E-state index contributed by atoms with van der Waals surface area (Å²) in [5.74, 6) is 0.120. The van der Waals surface area contributed by atoms with Gasteiger partial charge in [-0.15, -0.1) is 10.2 Å². The summed E-state index contributed by atoms with van der Waals surface area (Å²) in [4.78, 5) is 12.4. The molecule has 1 amide bonds. The first-order chi connectivity index (χ1) is 13.5. The summed E-state index contributed by atoms with van der Waals surface area (Å²) < 4.78 is 0.731. The fourth-order valence-corrected chi connectivity index (χ4v) is 4.91. The second-order valence-electron chi connectivity index (χ2n) is 7.19. The molecule has 0 unspecified atom stereocenters. The number of benzene rings is 1. The zero-order valence-electron chi connectivity index (χ0n) is 16.2. The number of aryl methyl sites for hydroxylation is 1. The van der Waals surface area contributed by atoms with Gasteiger partial charge in [0.25, 0.3) is 0 Å². The largest absolute Gasteiger partial charge is 0.337 e. The van der Waals surface area contributed by atoms with Gasteiger partial charge in [0.05, 0.1) is 11.8 Å². The number of nitriles is 1. The first-order valence-electron chi connectivity index (χ1n) is 9.53. The Labute approximate surface area is 174 Å². The van der Waals surface area contributed by atoms with Crippen LogP contribution in [0.4, 0.5) is 10.8 Å². The number of anilines is 2. The average molecular weight is 416 g/mol. The minimum absolute atomic E-state index is 0.118. The van der Waals surface area contributed by atoms with Crippen molar-refractivity contribution in [3.8, 4) is 6.07 Å². The first kappa shape index (κ1) is 20.6. The van der Waals surface area contributed by atoms with Crippen LogP contribution in [0.1, 0.15) is 49.7 Å². The van der Waals surface area contributed by atoms with Crippen LogP contribution in [0.15, 0.2) is 22.5 Å². The van der Waals surface area contributed by atoms with E-state index in [4.69, 9.17) is 0 Å². The molecule has 0 aliphatic heterocycles. The predicted molar refractivity (Wildman–Crippen MR) is 114 cm³/mol. The molecule has 2 N–H and O–H groups in total. The third-order valence-corrected chi connectivity index (χ3v) is 7.10. The van der Waals surface area contributed by atoms with Gasteiger partial charge in [-0.1, -0.05) is 60.9 Å². The van der Waals surface area contributed by atoms with Gasteiger partial charge in [-0.2, -0.15) is 5.26 Å². The summed E-state index contributed by atoms with van der Waals surface area (Å²) in [5, 5.41) is 24.9. The highest BCUT2D eigenvalue weighted by atomic mass is 32.2. The highest BCUT2D eigenvalue weighted by Gasteiger charge is 2.32. The van der Waals surface area contributed by atoms with Crippen LogP contribution < -0.4 is 10.6 Å². The maximum Gasteiger partial charge on any atom is 0.231 e. The van der Waals surface area contributed by atoms with E-state index in [0.717, 1.165) is 48.6 Å². The van der Waals surface area contributed by atoms with Crippen molar-refractivity contribution in [1.29, 1.82) is 5.26 Å². The van der Waals surface area contributed by atoms with Crippen LogP contribution >= 0.6 is 23.1 Å². The van der Waals surface area contributed by atoms with Crippen LogP contribution in [-0.2, 0) is 4.79 Å². The maximum atomic E-state index is 12.4. The van der Waals surface area contributed by atoms with E-state index in [9.17, 15) is 10.1 Å². The average Bonchev–Trinajstić information content (AvgIpc) is 3.00. The molecular formula is C20H25N5OS2. The Kier molecular flexibility index (Phi) is 6.92. The van der Waals surface area contributed by atoms with Gasteiger partial charge in [-0.25, -0.2) is 0 Å². The summed E-state index contributed by atoms with van der Waals surface area (Å²) in [7, 11) is 0. The van der Waals surface area contributed by atoms with E-state index in [1.165, 1.54) is 34.2 Å². The van der Waals surface area contributed by atoms with E-state index < -0.39 is 5.54 Å². The van der Waals surface area contributed by atoms with Gasteiger partial charge in [0.2, 0.25) is 11.0 Å². The summed E-state index contributed by atoms with van der Waals surface area (Å²) >= 11 is 2.78. The number of thioether (sulfide) groups is 1. The molecule has 8 heteroatoms. The first-order valence-corrected chi connectivity index (χ1v) is 11.3. The Morgan fingerprint density at radius 2 is 2.00 bits per heavy atom. The van der Waals surface area contributed by atoms with E-state index in [2.05, 4.69) is 46.8 Å². The summed E-state index contributed by atoms with van der Waals surface area (Å²) in [6, 6.07) is 8.44. The van der Waals surface area contributed by atoms with E-state index in [0.29, 0.717) is 5.13 Å². The standard InChI is InChI=1S/C20H25N5OS2/c1-14-8-7-9-16(15(14)2)22-18-24-25-19(28-18)27-12-17(26)23-20(13-21)10-5-3-4-6-11-20/h7-9H,3-6,10-12H2,1-2H3,(H,22,24)(H,23,26). The number of nitrogens with one attached hydrogen (secondary N) is 2. The molecule has 0 atom stereocenters. The van der Waals surface area contributed by atoms with Gasteiger partial charge in [0.15, 0.2) is 4.34 Å². The molecule has 1 fully saturated rings. The lowest BCUT2D eigenvalue weighted by molar-refractivity contribution is -0.120. The second-order valence-corrected chi connectivity index (χ2v) is 9.39. The topological polar surface area (TPSA) is 90.7 Å². The molecule has 0 saturated heterocycles. The molecule has 1 aliphatic carbocycles. The van der Waals surface area contributed by atoms with E-state index in [1.54, 1.807) is 0 Å². The van der Waals surface area contributed by atoms with Gasteiger partial charge in [-0.05, 0) is 43.9 Å². The lowest BCUT2D eigenvalue weighted by atomic mass is 9.92. The fraction of sp³-hybridized carbons (Fsp3) is 0.500. The zero-order valence-corrected chi connectivity index (χ0v) is 17.9. The molecule has 1 saturated carbocycles. The van der Waals surface area contributed by atoms with E-state index >= 15 is 0 Å².